The lowest BCUT2D eigenvalue weighted by Crippen LogP contribution is -2.25. The molecular weight excluding hydrogens is 428 g/mol. The number of carbonyl (C=O) groups excluding carboxylic acids is 1. The summed E-state index contributed by atoms with van der Waals surface area (Å²) < 4.78 is 16.6. The molecule has 34 heavy (non-hydrogen) atoms. The van der Waals surface area contributed by atoms with Crippen LogP contribution in [0.1, 0.15) is 33.0 Å². The number of methoxy groups -OCH3 is 3. The first-order valence-electron chi connectivity index (χ1n) is 10.8. The first kappa shape index (κ1) is 21.4. The standard InChI is InChI=1S/C28H22N2O4/c1-32-21-13-17(14-22(33-2)28(21)34-3)23-20(15-29)25(16-9-5-4-6-10-16)30-26-18-11-7-8-12-19(18)27(31)24(23)26/h4-14,23,30H,1-3H3. The first-order valence-corrected chi connectivity index (χ1v) is 10.8. The number of allylic oxidation sites excluding steroid dienone is 2. The van der Waals surface area contributed by atoms with Gasteiger partial charge in [-0.15, -0.1) is 0 Å². The minimum Gasteiger partial charge on any atom is -0.493 e. The Morgan fingerprint density at radius 1 is 0.824 bits per heavy atom. The zero-order valence-electron chi connectivity index (χ0n) is 19.0. The van der Waals surface area contributed by atoms with Crippen LogP contribution < -0.4 is 19.5 Å². The fourth-order valence-electron chi connectivity index (χ4n) is 4.75. The second-order valence-electron chi connectivity index (χ2n) is 7.95. The topological polar surface area (TPSA) is 80.6 Å². The maximum Gasteiger partial charge on any atom is 0.203 e. The molecule has 1 atom stereocenters. The molecule has 5 rings (SSSR count). The van der Waals surface area contributed by atoms with Gasteiger partial charge in [-0.3, -0.25) is 4.79 Å². The Morgan fingerprint density at radius 3 is 2.03 bits per heavy atom. The number of benzene rings is 3. The lowest BCUT2D eigenvalue weighted by atomic mass is 9.79. The Hall–Kier alpha value is -4.50. The number of Topliss-reactive ketones (excluding diaryl/α,β-unsaturated/α-hetero) is 1. The van der Waals surface area contributed by atoms with E-state index >= 15 is 0 Å². The third kappa shape index (κ3) is 3.13. The van der Waals surface area contributed by atoms with E-state index in [9.17, 15) is 10.1 Å². The van der Waals surface area contributed by atoms with Crippen molar-refractivity contribution in [2.75, 3.05) is 21.3 Å². The number of fused-ring (bicyclic) bond motifs is 2. The summed E-state index contributed by atoms with van der Waals surface area (Å²) in [6, 6.07) is 23.1. The van der Waals surface area contributed by atoms with Crippen LogP contribution in [0.5, 0.6) is 17.2 Å². The van der Waals surface area contributed by atoms with Crippen LogP contribution in [-0.4, -0.2) is 27.1 Å². The van der Waals surface area contributed by atoms with Crippen molar-refractivity contribution in [3.05, 3.63) is 100 Å². The maximum atomic E-state index is 13.6. The molecule has 3 aromatic rings. The molecule has 0 spiro atoms. The van der Waals surface area contributed by atoms with E-state index < -0.39 is 5.92 Å². The summed E-state index contributed by atoms with van der Waals surface area (Å²) in [4.78, 5) is 13.6. The number of nitriles is 1. The van der Waals surface area contributed by atoms with Gasteiger partial charge in [-0.05, 0) is 23.3 Å². The zero-order valence-corrected chi connectivity index (χ0v) is 19.0. The molecule has 6 nitrogen and oxygen atoms in total. The number of carbonyl (C=O) groups is 1. The highest BCUT2D eigenvalue weighted by Gasteiger charge is 2.42. The number of nitrogens with one attached hydrogen (secondary N) is 1. The average molecular weight is 450 g/mol. The molecule has 0 radical (unpaired) electrons. The molecule has 2 aliphatic rings. The van der Waals surface area contributed by atoms with E-state index in [-0.39, 0.29) is 5.78 Å². The molecule has 1 N–H and O–H groups in total. The lowest BCUT2D eigenvalue weighted by Gasteiger charge is -2.29. The van der Waals surface area contributed by atoms with Gasteiger partial charge in [0, 0.05) is 16.7 Å². The van der Waals surface area contributed by atoms with Gasteiger partial charge >= 0.3 is 0 Å². The SMILES string of the molecule is COc1cc(C2C(C#N)=C(c3ccccc3)NC3=C2C(=O)c2ccccc23)cc(OC)c1OC. The van der Waals surface area contributed by atoms with E-state index in [2.05, 4.69) is 11.4 Å². The van der Waals surface area contributed by atoms with Crippen LogP contribution in [0.2, 0.25) is 0 Å². The Morgan fingerprint density at radius 2 is 1.44 bits per heavy atom. The average Bonchev–Trinajstić information content (AvgIpc) is 3.18. The molecule has 6 heteroatoms. The molecule has 1 unspecified atom stereocenters. The van der Waals surface area contributed by atoms with Crippen molar-refractivity contribution in [1.82, 2.24) is 5.32 Å². The van der Waals surface area contributed by atoms with Crippen LogP contribution in [0.3, 0.4) is 0 Å². The van der Waals surface area contributed by atoms with Crippen molar-refractivity contribution < 1.29 is 19.0 Å². The Bertz CT molecular complexity index is 1390. The molecule has 1 aliphatic heterocycles. The largest absolute Gasteiger partial charge is 0.493 e. The highest BCUT2D eigenvalue weighted by Crippen LogP contribution is 2.50. The number of ketones is 1. The molecule has 1 aliphatic carbocycles. The number of rotatable bonds is 5. The fraction of sp³-hybridized carbons (Fsp3) is 0.143. The predicted molar refractivity (Wildman–Crippen MR) is 129 cm³/mol. The Labute approximate surface area is 197 Å². The third-order valence-corrected chi connectivity index (χ3v) is 6.25. The second-order valence-corrected chi connectivity index (χ2v) is 7.95. The second kappa shape index (κ2) is 8.45. The van der Waals surface area contributed by atoms with Crippen LogP contribution in [0, 0.1) is 11.3 Å². The number of hydrogen-bond donors (Lipinski definition) is 1. The van der Waals surface area contributed by atoms with E-state index in [0.29, 0.717) is 45.2 Å². The molecule has 168 valence electrons. The molecule has 0 saturated carbocycles. The Kier molecular flexibility index (Phi) is 5.31. The molecule has 0 fully saturated rings. The molecule has 0 saturated heterocycles. The van der Waals surface area contributed by atoms with Gasteiger partial charge in [0.2, 0.25) is 5.75 Å². The zero-order chi connectivity index (χ0) is 23.8. The smallest absolute Gasteiger partial charge is 0.203 e. The van der Waals surface area contributed by atoms with Crippen LogP contribution >= 0.6 is 0 Å². The number of ether oxygens (including phenoxy) is 3. The van der Waals surface area contributed by atoms with Crippen molar-refractivity contribution in [2.45, 2.75) is 5.92 Å². The fourth-order valence-corrected chi connectivity index (χ4v) is 4.75. The summed E-state index contributed by atoms with van der Waals surface area (Å²) in [5.41, 5.74) is 5.37. The van der Waals surface area contributed by atoms with Crippen molar-refractivity contribution in [3.63, 3.8) is 0 Å². The summed E-state index contributed by atoms with van der Waals surface area (Å²) in [5.74, 6) is 0.642. The van der Waals surface area contributed by atoms with E-state index in [1.807, 2.05) is 54.6 Å². The van der Waals surface area contributed by atoms with Crippen LogP contribution in [0.4, 0.5) is 0 Å². The monoisotopic (exact) mass is 450 g/mol. The number of hydrogen-bond acceptors (Lipinski definition) is 6. The van der Waals surface area contributed by atoms with Gasteiger partial charge in [-0.25, -0.2) is 0 Å². The van der Waals surface area contributed by atoms with E-state index in [1.165, 1.54) is 7.11 Å². The highest BCUT2D eigenvalue weighted by atomic mass is 16.5. The van der Waals surface area contributed by atoms with Gasteiger partial charge in [0.15, 0.2) is 17.3 Å². The normalized spacial score (nSPS) is 16.4. The molecule has 0 aromatic heterocycles. The summed E-state index contributed by atoms with van der Waals surface area (Å²) in [6.45, 7) is 0. The molecule has 3 aromatic carbocycles. The lowest BCUT2D eigenvalue weighted by molar-refractivity contribution is 0.103. The summed E-state index contributed by atoms with van der Waals surface area (Å²) in [7, 11) is 4.62. The van der Waals surface area contributed by atoms with Gasteiger partial charge < -0.3 is 19.5 Å². The summed E-state index contributed by atoms with van der Waals surface area (Å²) in [5, 5.41) is 13.8. The maximum absolute atomic E-state index is 13.6. The molecule has 0 bridgehead atoms. The van der Waals surface area contributed by atoms with Crippen molar-refractivity contribution >= 4 is 17.2 Å². The van der Waals surface area contributed by atoms with E-state index in [0.717, 1.165) is 16.8 Å². The van der Waals surface area contributed by atoms with Gasteiger partial charge in [0.05, 0.1) is 50.3 Å². The van der Waals surface area contributed by atoms with Crippen molar-refractivity contribution in [1.29, 1.82) is 5.26 Å². The highest BCUT2D eigenvalue weighted by molar-refractivity contribution is 6.23. The number of nitrogens with zero attached hydrogens (tertiary/aromatic N) is 1. The van der Waals surface area contributed by atoms with Crippen LogP contribution in [-0.2, 0) is 0 Å². The van der Waals surface area contributed by atoms with Crippen LogP contribution in [0.25, 0.3) is 11.4 Å². The summed E-state index contributed by atoms with van der Waals surface area (Å²) in [6.07, 6.45) is 0. The minimum atomic E-state index is -0.620. The van der Waals surface area contributed by atoms with E-state index in [1.54, 1.807) is 26.4 Å². The van der Waals surface area contributed by atoms with Gasteiger partial charge in [-0.1, -0.05) is 54.6 Å². The van der Waals surface area contributed by atoms with Gasteiger partial charge in [0.1, 0.15) is 0 Å². The predicted octanol–water partition coefficient (Wildman–Crippen LogP) is 4.94. The molecule has 1 heterocycles. The molecular formula is C28H22N2O4. The number of dihydropyridines is 1. The quantitative estimate of drug-likeness (QED) is 0.593. The van der Waals surface area contributed by atoms with Gasteiger partial charge in [-0.2, -0.15) is 5.26 Å². The molecule has 0 amide bonds. The van der Waals surface area contributed by atoms with E-state index in [4.69, 9.17) is 14.2 Å². The minimum absolute atomic E-state index is 0.100. The Balaban J connectivity index is 1.81. The first-order chi connectivity index (χ1) is 16.6. The van der Waals surface area contributed by atoms with Crippen molar-refractivity contribution in [3.8, 4) is 23.3 Å². The third-order valence-electron chi connectivity index (χ3n) is 6.25. The van der Waals surface area contributed by atoms with Gasteiger partial charge in [0.25, 0.3) is 0 Å². The van der Waals surface area contributed by atoms with Crippen LogP contribution in [0.15, 0.2) is 77.9 Å². The summed E-state index contributed by atoms with van der Waals surface area (Å²) >= 11 is 0. The van der Waals surface area contributed by atoms with Crippen molar-refractivity contribution in [2.24, 2.45) is 0 Å².